The number of likely N-dealkylation sites (tertiary alicyclic amines) is 1. The number of fused-ring (bicyclic) bond motifs is 5. The van der Waals surface area contributed by atoms with Gasteiger partial charge in [0.25, 0.3) is 11.8 Å². The lowest BCUT2D eigenvalue weighted by molar-refractivity contribution is -0.326. The Morgan fingerprint density at radius 1 is 1.21 bits per heavy atom. The van der Waals surface area contributed by atoms with Crippen molar-refractivity contribution in [2.75, 3.05) is 13.6 Å². The van der Waals surface area contributed by atoms with Crippen molar-refractivity contribution in [2.24, 2.45) is 17.8 Å². The van der Waals surface area contributed by atoms with Gasteiger partial charge in [-0.2, -0.15) is 0 Å². The predicted octanol–water partition coefficient (Wildman–Crippen LogP) is 1.84. The van der Waals surface area contributed by atoms with Crippen LogP contribution in [0.2, 0.25) is 0 Å². The maximum Gasteiger partial charge on any atom is 0.281 e. The van der Waals surface area contributed by atoms with E-state index in [-0.39, 0.29) is 43.0 Å². The number of benzene rings is 1. The van der Waals surface area contributed by atoms with E-state index in [4.69, 9.17) is 4.74 Å². The smallest absolute Gasteiger partial charge is 0.281 e. The molecule has 4 fully saturated rings. The van der Waals surface area contributed by atoms with E-state index in [0.717, 1.165) is 11.9 Å². The summed E-state index contributed by atoms with van der Waals surface area (Å²) >= 11 is 0. The van der Waals surface area contributed by atoms with Gasteiger partial charge in [-0.3, -0.25) is 24.0 Å². The zero-order valence-corrected chi connectivity index (χ0v) is 25.5. The molecule has 4 saturated heterocycles. The lowest BCUT2D eigenvalue weighted by atomic mass is 9.72. The molecular weight excluding hydrogens is 550 g/mol. The van der Waals surface area contributed by atoms with Gasteiger partial charge in [0.05, 0.1) is 5.92 Å². The molecule has 11 heteroatoms. The van der Waals surface area contributed by atoms with Crippen molar-refractivity contribution < 1.29 is 29.3 Å². The molecule has 0 saturated carbocycles. The van der Waals surface area contributed by atoms with Crippen molar-refractivity contribution >= 4 is 28.6 Å². The molecule has 4 aliphatic heterocycles. The van der Waals surface area contributed by atoms with Gasteiger partial charge in [-0.05, 0) is 62.3 Å². The molecule has 7 rings (SSSR count). The Bertz CT molecular complexity index is 1490. The van der Waals surface area contributed by atoms with Crippen molar-refractivity contribution in [3.8, 4) is 0 Å². The first-order valence-electron chi connectivity index (χ1n) is 15.7. The fourth-order valence-electron chi connectivity index (χ4n) is 8.65. The van der Waals surface area contributed by atoms with E-state index in [1.165, 1.54) is 26.3 Å². The second-order valence-electron chi connectivity index (χ2n) is 14.1. The number of nitrogens with one attached hydrogen (secondary N) is 2. The van der Waals surface area contributed by atoms with Gasteiger partial charge >= 0.3 is 0 Å². The summed E-state index contributed by atoms with van der Waals surface area (Å²) in [4.78, 5) is 50.4. The number of ether oxygens (including phenoxy) is 1. The van der Waals surface area contributed by atoms with E-state index in [1.807, 2.05) is 13.8 Å². The molecular formula is C32H43N5O6. The first kappa shape index (κ1) is 28.8. The second kappa shape index (κ2) is 9.76. The van der Waals surface area contributed by atoms with Crippen LogP contribution in [0.15, 0.2) is 24.4 Å². The minimum atomic E-state index is -2.17. The molecule has 0 bridgehead atoms. The van der Waals surface area contributed by atoms with Crippen LogP contribution in [-0.2, 0) is 25.5 Å². The van der Waals surface area contributed by atoms with Gasteiger partial charge in [-0.1, -0.05) is 39.8 Å². The summed E-state index contributed by atoms with van der Waals surface area (Å²) in [5.74, 6) is -4.28. The molecule has 2 unspecified atom stereocenters. The lowest BCUT2D eigenvalue weighted by Crippen LogP contribution is -2.72. The van der Waals surface area contributed by atoms with E-state index in [9.17, 15) is 24.6 Å². The summed E-state index contributed by atoms with van der Waals surface area (Å²) in [5.41, 5.74) is 1.78. The maximum atomic E-state index is 14.4. The SMILES string of the molecule is CC(C)C[C@H]1C(=O)N2C(O)CC[C@H]2[C@]2(O)O[C@](NC(=O)[C@@H]3CC4c5cccc6[nH]cc(c56)C[C@H]4N(C)C3)(C(C)C)C(=O)N12. The highest BCUT2D eigenvalue weighted by Gasteiger charge is 2.72. The highest BCUT2D eigenvalue weighted by atomic mass is 16.7. The second-order valence-corrected chi connectivity index (χ2v) is 14.1. The quantitative estimate of drug-likeness (QED) is 0.415. The largest absolute Gasteiger partial charge is 0.374 e. The molecule has 1 aromatic heterocycles. The Balaban J connectivity index is 1.21. The molecule has 0 spiro atoms. The summed E-state index contributed by atoms with van der Waals surface area (Å²) in [6.45, 7) is 7.95. The maximum absolute atomic E-state index is 14.4. The molecule has 11 nitrogen and oxygen atoms in total. The van der Waals surface area contributed by atoms with Crippen LogP contribution in [0.5, 0.6) is 0 Å². The Hall–Kier alpha value is -2.99. The van der Waals surface area contributed by atoms with E-state index >= 15 is 0 Å². The molecule has 2 aromatic rings. The summed E-state index contributed by atoms with van der Waals surface area (Å²) in [5, 5.41) is 27.1. The first-order chi connectivity index (χ1) is 20.4. The van der Waals surface area contributed by atoms with Gasteiger partial charge in [0, 0.05) is 41.5 Å². The number of hydrogen-bond acceptors (Lipinski definition) is 7. The molecule has 1 aromatic carbocycles. The minimum absolute atomic E-state index is 0.0251. The number of amides is 3. The van der Waals surface area contributed by atoms with E-state index in [2.05, 4.69) is 46.6 Å². The van der Waals surface area contributed by atoms with Gasteiger partial charge in [-0.25, -0.2) is 0 Å². The zero-order valence-electron chi connectivity index (χ0n) is 25.5. The molecule has 1 aliphatic carbocycles. The highest BCUT2D eigenvalue weighted by molar-refractivity contribution is 5.98. The molecule has 232 valence electrons. The predicted molar refractivity (Wildman–Crippen MR) is 157 cm³/mol. The topological polar surface area (TPSA) is 138 Å². The van der Waals surface area contributed by atoms with Crippen LogP contribution in [0, 0.1) is 17.8 Å². The number of aromatic nitrogens is 1. The van der Waals surface area contributed by atoms with E-state index in [1.54, 1.807) is 13.8 Å². The number of carbonyl (C=O) groups is 3. The van der Waals surface area contributed by atoms with Gasteiger partial charge in [0.1, 0.15) is 18.3 Å². The number of aromatic amines is 1. The lowest BCUT2D eigenvalue weighted by Gasteiger charge is -2.49. The van der Waals surface area contributed by atoms with Gasteiger partial charge in [0.15, 0.2) is 0 Å². The number of H-pyrrole nitrogens is 1. The van der Waals surface area contributed by atoms with Crippen LogP contribution < -0.4 is 5.32 Å². The number of aliphatic hydroxyl groups is 2. The van der Waals surface area contributed by atoms with Gasteiger partial charge in [0.2, 0.25) is 17.5 Å². The van der Waals surface area contributed by atoms with Crippen LogP contribution in [0.25, 0.3) is 10.9 Å². The van der Waals surface area contributed by atoms with Crippen LogP contribution in [0.4, 0.5) is 0 Å². The number of likely N-dealkylation sites (N-methyl/N-ethyl adjacent to an activating group) is 1. The minimum Gasteiger partial charge on any atom is -0.374 e. The Morgan fingerprint density at radius 3 is 2.70 bits per heavy atom. The molecule has 5 aliphatic rings. The van der Waals surface area contributed by atoms with Crippen molar-refractivity contribution in [3.63, 3.8) is 0 Å². The van der Waals surface area contributed by atoms with Gasteiger partial charge < -0.3 is 30.3 Å². The number of carbonyl (C=O) groups excluding carboxylic acids is 3. The summed E-state index contributed by atoms with van der Waals surface area (Å²) in [7, 11) is 2.05. The van der Waals surface area contributed by atoms with Crippen molar-refractivity contribution in [1.82, 2.24) is 25.0 Å². The fraction of sp³-hybridized carbons (Fsp3) is 0.656. The van der Waals surface area contributed by atoms with Gasteiger partial charge in [-0.15, -0.1) is 0 Å². The zero-order chi connectivity index (χ0) is 30.6. The van der Waals surface area contributed by atoms with Crippen molar-refractivity contribution in [2.45, 2.75) is 102 Å². The number of piperidine rings is 1. The summed E-state index contributed by atoms with van der Waals surface area (Å²) in [6, 6.07) is 4.61. The Kier molecular flexibility index (Phi) is 6.52. The number of rotatable bonds is 5. The normalized spacial score (nSPS) is 37.3. The molecule has 8 atom stereocenters. The first-order valence-corrected chi connectivity index (χ1v) is 15.7. The Labute approximate surface area is 251 Å². The number of aliphatic hydroxyl groups excluding tert-OH is 1. The third kappa shape index (κ3) is 3.97. The highest BCUT2D eigenvalue weighted by Crippen LogP contribution is 2.50. The average molecular weight is 594 g/mol. The number of nitrogens with zero attached hydrogens (tertiary/aromatic N) is 3. The molecule has 3 amide bonds. The van der Waals surface area contributed by atoms with Crippen LogP contribution in [0.3, 0.4) is 0 Å². The van der Waals surface area contributed by atoms with Crippen molar-refractivity contribution in [3.05, 3.63) is 35.5 Å². The molecule has 0 radical (unpaired) electrons. The fourth-order valence-corrected chi connectivity index (χ4v) is 8.65. The molecule has 4 N–H and O–H groups in total. The standard InChI is InChI=1S/C32H43N5O6/c1-16(2)11-24-29(40)36-25(9-10-26(36)38)32(42)37(24)30(41)31(43-32,17(3)4)34-28(39)19-12-21-20-7-6-8-22-27(20)18(14-33-22)13-23(21)35(5)15-19/h6-8,14,16-17,19,21,23-26,33,38,42H,9-13,15H2,1-5H3,(H,34,39)/t19-,21?,23-,24+,25+,26?,31-,32+/m1/s1. The van der Waals surface area contributed by atoms with E-state index < -0.39 is 53.6 Å². The molecule has 5 heterocycles. The average Bonchev–Trinajstić information content (AvgIpc) is 3.61. The third-order valence-corrected chi connectivity index (χ3v) is 10.7. The number of piperazine rings is 1. The molecule has 43 heavy (non-hydrogen) atoms. The van der Waals surface area contributed by atoms with E-state index in [0.29, 0.717) is 13.0 Å². The van der Waals surface area contributed by atoms with Crippen molar-refractivity contribution in [1.29, 1.82) is 0 Å². The summed E-state index contributed by atoms with van der Waals surface area (Å²) < 4.78 is 6.39. The Morgan fingerprint density at radius 2 is 1.98 bits per heavy atom. The summed E-state index contributed by atoms with van der Waals surface area (Å²) in [6.07, 6.45) is 3.38. The number of hydrogen-bond donors (Lipinski definition) is 4. The van der Waals surface area contributed by atoms with Crippen LogP contribution in [0.1, 0.15) is 70.4 Å². The van der Waals surface area contributed by atoms with Crippen LogP contribution >= 0.6 is 0 Å². The monoisotopic (exact) mass is 593 g/mol. The third-order valence-electron chi connectivity index (χ3n) is 10.7. The van der Waals surface area contributed by atoms with Crippen LogP contribution in [-0.4, -0.2) is 97.2 Å².